The molecule has 1 unspecified atom stereocenters. The molecule has 1 aliphatic rings. The monoisotopic (exact) mass is 499 g/mol. The maximum atomic E-state index is 13.9. The van der Waals surface area contributed by atoms with Crippen molar-refractivity contribution >= 4 is 5.91 Å². The third-order valence-corrected chi connectivity index (χ3v) is 6.80. The van der Waals surface area contributed by atoms with E-state index >= 15 is 0 Å². The number of ether oxygens (including phenoxy) is 3. The highest BCUT2D eigenvalue weighted by atomic mass is 16.5. The summed E-state index contributed by atoms with van der Waals surface area (Å²) in [4.78, 5) is 15.7. The Hall–Kier alpha value is -4.46. The molecule has 0 saturated carbocycles. The number of methoxy groups -OCH3 is 3. The lowest BCUT2D eigenvalue weighted by Gasteiger charge is -2.27. The van der Waals surface area contributed by atoms with Crippen LogP contribution in [-0.4, -0.2) is 53.6 Å². The Bertz CT molecular complexity index is 1410. The zero-order valence-corrected chi connectivity index (χ0v) is 21.3. The van der Waals surface area contributed by atoms with Crippen LogP contribution in [0, 0.1) is 0 Å². The topological polar surface area (TPSA) is 86.1 Å². The number of benzene rings is 3. The Kier molecular flexibility index (Phi) is 6.48. The first-order chi connectivity index (χ1) is 18.0. The number of carbonyl (C=O) groups is 1. The molecule has 1 aliphatic heterocycles. The summed E-state index contributed by atoms with van der Waals surface area (Å²) in [6.07, 6.45) is 0.689. The fraction of sp³-hybridized carbons (Fsp3) is 0.241. The normalized spacial score (nSPS) is 14.5. The molecule has 2 heterocycles. The number of aromatic nitrogens is 2. The van der Waals surface area contributed by atoms with Crippen molar-refractivity contribution in [3.05, 3.63) is 89.1 Å². The van der Waals surface area contributed by atoms with Gasteiger partial charge in [0.05, 0.1) is 33.1 Å². The van der Waals surface area contributed by atoms with Crippen molar-refractivity contribution in [1.29, 1.82) is 0 Å². The number of aryl methyl sites for hydroxylation is 1. The van der Waals surface area contributed by atoms with Crippen LogP contribution in [0.3, 0.4) is 0 Å². The molecule has 0 fully saturated rings. The molecule has 37 heavy (non-hydrogen) atoms. The van der Waals surface area contributed by atoms with E-state index in [2.05, 4.69) is 12.1 Å². The van der Waals surface area contributed by atoms with Gasteiger partial charge in [0.1, 0.15) is 11.4 Å². The van der Waals surface area contributed by atoms with E-state index in [1.54, 1.807) is 31.0 Å². The number of amides is 1. The predicted molar refractivity (Wildman–Crippen MR) is 139 cm³/mol. The first kappa shape index (κ1) is 24.2. The summed E-state index contributed by atoms with van der Waals surface area (Å²) in [7, 11) is 6.39. The molecule has 8 nitrogen and oxygen atoms in total. The van der Waals surface area contributed by atoms with Gasteiger partial charge in [0.25, 0.3) is 5.91 Å². The molecular formula is C29H29N3O5. The van der Waals surface area contributed by atoms with Gasteiger partial charge in [-0.15, -0.1) is 0 Å². The van der Waals surface area contributed by atoms with Crippen molar-refractivity contribution in [3.8, 4) is 34.3 Å². The van der Waals surface area contributed by atoms with Gasteiger partial charge in [-0.05, 0) is 53.9 Å². The molecule has 0 radical (unpaired) electrons. The second-order valence-corrected chi connectivity index (χ2v) is 8.87. The fourth-order valence-corrected chi connectivity index (χ4v) is 4.97. The number of hydrogen-bond acceptors (Lipinski definition) is 6. The molecule has 0 saturated heterocycles. The van der Waals surface area contributed by atoms with Crippen molar-refractivity contribution in [3.63, 3.8) is 0 Å². The lowest BCUT2D eigenvalue weighted by atomic mass is 9.95. The van der Waals surface area contributed by atoms with Gasteiger partial charge >= 0.3 is 0 Å². The van der Waals surface area contributed by atoms with E-state index in [1.165, 1.54) is 14.2 Å². The number of hydrogen-bond donors (Lipinski definition) is 1. The summed E-state index contributed by atoms with van der Waals surface area (Å²) < 4.78 is 17.9. The summed E-state index contributed by atoms with van der Waals surface area (Å²) in [5, 5.41) is 15.3. The molecule has 1 aromatic heterocycles. The van der Waals surface area contributed by atoms with E-state index in [9.17, 15) is 9.90 Å². The van der Waals surface area contributed by atoms with Crippen LogP contribution in [0.4, 0.5) is 0 Å². The van der Waals surface area contributed by atoms with E-state index in [1.807, 2.05) is 47.4 Å². The van der Waals surface area contributed by atoms with Crippen LogP contribution in [0.5, 0.6) is 23.0 Å². The molecule has 0 aliphatic carbocycles. The van der Waals surface area contributed by atoms with Crippen LogP contribution < -0.4 is 14.2 Å². The zero-order chi connectivity index (χ0) is 26.1. The Morgan fingerprint density at radius 3 is 2.16 bits per heavy atom. The van der Waals surface area contributed by atoms with Gasteiger partial charge in [0.15, 0.2) is 11.5 Å². The fourth-order valence-electron chi connectivity index (χ4n) is 4.97. The SMILES string of the molecule is COc1ccc(-c2nn(C)c3c2C(c2cc(OC)c(O)c(OC)c2)N(CCc2ccccc2)C3=O)cc1. The Balaban J connectivity index is 1.67. The van der Waals surface area contributed by atoms with Gasteiger partial charge in [0, 0.05) is 24.7 Å². The number of carbonyl (C=O) groups excluding carboxylic acids is 1. The van der Waals surface area contributed by atoms with E-state index < -0.39 is 6.04 Å². The molecule has 1 amide bonds. The summed E-state index contributed by atoms with van der Waals surface area (Å²) >= 11 is 0. The number of aromatic hydroxyl groups is 1. The highest BCUT2D eigenvalue weighted by molar-refractivity contribution is 6.00. The Morgan fingerprint density at radius 2 is 1.57 bits per heavy atom. The van der Waals surface area contributed by atoms with Crippen LogP contribution >= 0.6 is 0 Å². The summed E-state index contributed by atoms with van der Waals surface area (Å²) in [6.45, 7) is 0.496. The van der Waals surface area contributed by atoms with Gasteiger partial charge in [-0.1, -0.05) is 30.3 Å². The average Bonchev–Trinajstić information content (AvgIpc) is 3.42. The second kappa shape index (κ2) is 9.89. The number of nitrogens with zero attached hydrogens (tertiary/aromatic N) is 3. The third-order valence-electron chi connectivity index (χ3n) is 6.80. The Morgan fingerprint density at radius 1 is 0.919 bits per heavy atom. The molecule has 5 rings (SSSR count). The predicted octanol–water partition coefficient (Wildman–Crippen LogP) is 4.61. The van der Waals surface area contributed by atoms with Gasteiger partial charge in [-0.25, -0.2) is 0 Å². The quantitative estimate of drug-likeness (QED) is 0.381. The van der Waals surface area contributed by atoms with Crippen molar-refractivity contribution in [2.45, 2.75) is 12.5 Å². The van der Waals surface area contributed by atoms with Crippen LogP contribution in [0.2, 0.25) is 0 Å². The molecule has 8 heteroatoms. The van der Waals surface area contributed by atoms with Crippen LogP contribution in [0.25, 0.3) is 11.3 Å². The smallest absolute Gasteiger partial charge is 0.273 e. The summed E-state index contributed by atoms with van der Waals surface area (Å²) in [6, 6.07) is 20.8. The highest BCUT2D eigenvalue weighted by Gasteiger charge is 2.43. The summed E-state index contributed by atoms with van der Waals surface area (Å²) in [5.41, 5.74) is 4.83. The van der Waals surface area contributed by atoms with Crippen molar-refractivity contribution in [2.75, 3.05) is 27.9 Å². The number of phenolic OH excluding ortho intramolecular Hbond substituents is 1. The molecule has 1 atom stereocenters. The maximum Gasteiger partial charge on any atom is 0.273 e. The molecular weight excluding hydrogens is 470 g/mol. The van der Waals surface area contributed by atoms with E-state index in [-0.39, 0.29) is 23.2 Å². The van der Waals surface area contributed by atoms with Crippen LogP contribution in [0.1, 0.15) is 33.2 Å². The highest BCUT2D eigenvalue weighted by Crippen LogP contribution is 2.47. The van der Waals surface area contributed by atoms with Gasteiger partial charge in [-0.2, -0.15) is 5.10 Å². The largest absolute Gasteiger partial charge is 0.502 e. The van der Waals surface area contributed by atoms with Gasteiger partial charge in [-0.3, -0.25) is 9.48 Å². The molecule has 190 valence electrons. The average molecular weight is 500 g/mol. The first-order valence-electron chi connectivity index (χ1n) is 12.0. The number of fused-ring (bicyclic) bond motifs is 1. The first-order valence-corrected chi connectivity index (χ1v) is 12.0. The maximum absolute atomic E-state index is 13.9. The Labute approximate surface area is 215 Å². The van der Waals surface area contributed by atoms with Crippen LogP contribution in [-0.2, 0) is 13.5 Å². The van der Waals surface area contributed by atoms with E-state index in [0.29, 0.717) is 24.4 Å². The molecule has 1 N–H and O–H groups in total. The molecule has 0 bridgehead atoms. The van der Waals surface area contributed by atoms with Gasteiger partial charge < -0.3 is 24.2 Å². The third kappa shape index (κ3) is 4.24. The minimum Gasteiger partial charge on any atom is -0.502 e. The minimum absolute atomic E-state index is 0.0873. The van der Waals surface area contributed by atoms with Crippen molar-refractivity contribution in [2.24, 2.45) is 7.05 Å². The van der Waals surface area contributed by atoms with E-state index in [4.69, 9.17) is 19.3 Å². The molecule has 3 aromatic carbocycles. The number of rotatable bonds is 8. The minimum atomic E-state index is -0.458. The molecule has 0 spiro atoms. The van der Waals surface area contributed by atoms with Crippen molar-refractivity contribution in [1.82, 2.24) is 14.7 Å². The van der Waals surface area contributed by atoms with Gasteiger partial charge in [0.2, 0.25) is 5.75 Å². The lowest BCUT2D eigenvalue weighted by Crippen LogP contribution is -2.32. The van der Waals surface area contributed by atoms with Crippen LogP contribution in [0.15, 0.2) is 66.7 Å². The second-order valence-electron chi connectivity index (χ2n) is 8.87. The standard InChI is InChI=1S/C29H29N3O5/c1-31-27-24(25(30-31)19-10-12-21(35-2)13-11-19)26(20-16-22(36-3)28(33)23(17-20)37-4)32(29(27)34)15-14-18-8-6-5-7-9-18/h5-13,16-17,26,33H,14-15H2,1-4H3. The summed E-state index contributed by atoms with van der Waals surface area (Å²) in [5.74, 6) is 1.09. The lowest BCUT2D eigenvalue weighted by molar-refractivity contribution is 0.0741. The van der Waals surface area contributed by atoms with Crippen molar-refractivity contribution < 1.29 is 24.1 Å². The van der Waals surface area contributed by atoms with E-state index in [0.717, 1.165) is 28.0 Å². The number of phenols is 1. The zero-order valence-electron chi connectivity index (χ0n) is 21.3. The molecule has 4 aromatic rings.